The minimum atomic E-state index is -1.20. The zero-order valence-electron chi connectivity index (χ0n) is 16.4. The smallest absolute Gasteiger partial charge is 0.413 e. The van der Waals surface area contributed by atoms with Crippen LogP contribution in [-0.2, 0) is 24.6 Å². The lowest BCUT2D eigenvalue weighted by Gasteiger charge is -2.43. The SMILES string of the molecule is CC(C)[C@H](N)C(=O)OCOC(=O)N(C)[C@]1(c2ccccc2Cl)CCCCC1=O. The number of nitrogens with two attached hydrogens (primary N) is 1. The zero-order valence-corrected chi connectivity index (χ0v) is 17.2. The number of carbonyl (C=O) groups excluding carboxylic acids is 3. The molecule has 0 unspecified atom stereocenters. The molecule has 2 rings (SSSR count). The monoisotopic (exact) mass is 410 g/mol. The van der Waals surface area contributed by atoms with Crippen molar-refractivity contribution in [1.29, 1.82) is 0 Å². The maximum Gasteiger partial charge on any atom is 0.413 e. The van der Waals surface area contributed by atoms with Gasteiger partial charge in [-0.15, -0.1) is 0 Å². The van der Waals surface area contributed by atoms with Gasteiger partial charge in [0.25, 0.3) is 0 Å². The minimum absolute atomic E-state index is 0.0925. The van der Waals surface area contributed by atoms with Gasteiger partial charge in [-0.3, -0.25) is 14.5 Å². The van der Waals surface area contributed by atoms with Crippen molar-refractivity contribution in [2.24, 2.45) is 11.7 Å². The van der Waals surface area contributed by atoms with E-state index in [9.17, 15) is 14.4 Å². The molecular formula is C20H27ClN2O5. The standard InChI is InChI=1S/C20H27ClN2O5/c1-13(2)17(22)18(25)27-12-28-19(26)23(3)20(11-7-6-10-16(20)24)14-8-4-5-9-15(14)21/h4-5,8-9,13,17H,6-7,10-12,22H2,1-3H3/t17-,20-/m0/s1. The second-order valence-corrected chi connectivity index (χ2v) is 7.70. The van der Waals surface area contributed by atoms with E-state index in [1.807, 2.05) is 0 Å². The Morgan fingerprint density at radius 1 is 1.25 bits per heavy atom. The number of ether oxygens (including phenoxy) is 2. The number of halogens is 1. The fourth-order valence-corrected chi connectivity index (χ4v) is 3.68. The number of carbonyl (C=O) groups is 3. The number of benzene rings is 1. The fourth-order valence-electron chi connectivity index (χ4n) is 3.39. The molecule has 0 aliphatic heterocycles. The first-order chi connectivity index (χ1) is 13.2. The summed E-state index contributed by atoms with van der Waals surface area (Å²) in [6.07, 6.45) is 1.55. The van der Waals surface area contributed by atoms with Crippen molar-refractivity contribution in [1.82, 2.24) is 4.90 Å². The first-order valence-corrected chi connectivity index (χ1v) is 9.70. The number of nitrogens with zero attached hydrogens (tertiary/aromatic N) is 1. The third kappa shape index (κ3) is 4.47. The summed E-state index contributed by atoms with van der Waals surface area (Å²) < 4.78 is 10.0. The molecule has 2 atom stereocenters. The van der Waals surface area contributed by atoms with Crippen molar-refractivity contribution in [2.75, 3.05) is 13.8 Å². The molecule has 0 radical (unpaired) electrons. The highest BCUT2D eigenvalue weighted by Gasteiger charge is 2.48. The van der Waals surface area contributed by atoms with E-state index in [0.717, 1.165) is 12.8 Å². The quantitative estimate of drug-likeness (QED) is 0.571. The van der Waals surface area contributed by atoms with E-state index in [1.54, 1.807) is 38.1 Å². The summed E-state index contributed by atoms with van der Waals surface area (Å²) in [6.45, 7) is 3.00. The van der Waals surface area contributed by atoms with Crippen LogP contribution in [0.3, 0.4) is 0 Å². The molecule has 1 aromatic rings. The van der Waals surface area contributed by atoms with Crippen molar-refractivity contribution < 1.29 is 23.9 Å². The van der Waals surface area contributed by atoms with E-state index in [1.165, 1.54) is 11.9 Å². The van der Waals surface area contributed by atoms with Gasteiger partial charge in [-0.25, -0.2) is 4.79 Å². The Balaban J connectivity index is 2.16. The van der Waals surface area contributed by atoms with E-state index >= 15 is 0 Å². The molecule has 154 valence electrons. The number of esters is 1. The third-order valence-electron chi connectivity index (χ3n) is 5.19. The molecule has 1 amide bonds. The molecule has 1 aromatic carbocycles. The average molecular weight is 411 g/mol. The summed E-state index contributed by atoms with van der Waals surface area (Å²) in [7, 11) is 1.50. The van der Waals surface area contributed by atoms with Crippen LogP contribution in [0.5, 0.6) is 0 Å². The molecule has 0 aromatic heterocycles. The largest absolute Gasteiger partial charge is 0.427 e. The number of ketones is 1. The molecule has 2 N–H and O–H groups in total. The van der Waals surface area contributed by atoms with Gasteiger partial charge in [-0.2, -0.15) is 0 Å². The minimum Gasteiger partial charge on any atom is -0.427 e. The molecule has 0 spiro atoms. The highest BCUT2D eigenvalue weighted by Crippen LogP contribution is 2.42. The van der Waals surface area contributed by atoms with Crippen molar-refractivity contribution in [3.05, 3.63) is 34.9 Å². The summed E-state index contributed by atoms with van der Waals surface area (Å²) in [4.78, 5) is 38.7. The van der Waals surface area contributed by atoms with Gasteiger partial charge in [0.15, 0.2) is 5.78 Å². The molecule has 0 saturated heterocycles. The zero-order chi connectivity index (χ0) is 20.9. The lowest BCUT2D eigenvalue weighted by molar-refractivity contribution is -0.156. The first kappa shape index (κ1) is 22.2. The van der Waals surface area contributed by atoms with E-state index in [-0.39, 0.29) is 11.7 Å². The Bertz CT molecular complexity index is 739. The predicted molar refractivity (Wildman–Crippen MR) is 105 cm³/mol. The van der Waals surface area contributed by atoms with Crippen LogP contribution >= 0.6 is 11.6 Å². The molecule has 8 heteroatoms. The average Bonchev–Trinajstić information content (AvgIpc) is 2.67. The molecule has 0 bridgehead atoms. The van der Waals surface area contributed by atoms with E-state index in [2.05, 4.69) is 0 Å². The topological polar surface area (TPSA) is 98.9 Å². The van der Waals surface area contributed by atoms with Crippen LogP contribution < -0.4 is 5.73 Å². The number of amides is 1. The van der Waals surface area contributed by atoms with Gasteiger partial charge in [-0.1, -0.05) is 43.6 Å². The van der Waals surface area contributed by atoms with Gasteiger partial charge in [0.2, 0.25) is 6.79 Å². The third-order valence-corrected chi connectivity index (χ3v) is 5.52. The summed E-state index contributed by atoms with van der Waals surface area (Å²) >= 11 is 6.36. The molecule has 7 nitrogen and oxygen atoms in total. The molecular weight excluding hydrogens is 384 g/mol. The maximum absolute atomic E-state index is 13.0. The number of Topliss-reactive ketones (excluding diaryl/α,β-unsaturated/α-hetero) is 1. The first-order valence-electron chi connectivity index (χ1n) is 9.33. The molecule has 1 aliphatic rings. The number of hydrogen-bond acceptors (Lipinski definition) is 6. The van der Waals surface area contributed by atoms with Gasteiger partial charge in [0.1, 0.15) is 11.6 Å². The number of rotatable bonds is 6. The molecule has 0 heterocycles. The summed E-state index contributed by atoms with van der Waals surface area (Å²) in [6, 6.07) is 6.18. The van der Waals surface area contributed by atoms with Crippen molar-refractivity contribution in [2.45, 2.75) is 51.1 Å². The molecule has 1 aliphatic carbocycles. The summed E-state index contributed by atoms with van der Waals surface area (Å²) in [5, 5.41) is 0.409. The highest BCUT2D eigenvalue weighted by atomic mass is 35.5. The Morgan fingerprint density at radius 2 is 1.93 bits per heavy atom. The van der Waals surface area contributed by atoms with Crippen LogP contribution in [0, 0.1) is 5.92 Å². The fraction of sp³-hybridized carbons (Fsp3) is 0.550. The Kier molecular flexibility index (Phi) is 7.43. The van der Waals surface area contributed by atoms with Gasteiger partial charge in [-0.05, 0) is 31.2 Å². The van der Waals surface area contributed by atoms with Crippen LogP contribution in [0.15, 0.2) is 24.3 Å². The predicted octanol–water partition coefficient (Wildman–Crippen LogP) is 3.23. The Labute approximate surface area is 170 Å². The molecule has 28 heavy (non-hydrogen) atoms. The van der Waals surface area contributed by atoms with Gasteiger partial charge >= 0.3 is 12.1 Å². The van der Waals surface area contributed by atoms with E-state index in [4.69, 9.17) is 26.8 Å². The molecule has 1 saturated carbocycles. The van der Waals surface area contributed by atoms with Crippen LogP contribution in [0.4, 0.5) is 4.79 Å². The number of hydrogen-bond donors (Lipinski definition) is 1. The number of likely N-dealkylation sites (N-methyl/N-ethyl adjacent to an activating group) is 1. The Hall–Kier alpha value is -2.12. The summed E-state index contributed by atoms with van der Waals surface area (Å²) in [5.74, 6) is -0.848. The van der Waals surface area contributed by atoms with Crippen LogP contribution in [0.1, 0.15) is 45.1 Å². The van der Waals surface area contributed by atoms with Gasteiger partial charge < -0.3 is 15.2 Å². The van der Waals surface area contributed by atoms with Gasteiger partial charge in [0.05, 0.1) is 0 Å². The Morgan fingerprint density at radius 3 is 2.54 bits per heavy atom. The van der Waals surface area contributed by atoms with Crippen molar-refractivity contribution in [3.63, 3.8) is 0 Å². The van der Waals surface area contributed by atoms with Crippen LogP contribution in [-0.4, -0.2) is 42.6 Å². The highest BCUT2D eigenvalue weighted by molar-refractivity contribution is 6.31. The second-order valence-electron chi connectivity index (χ2n) is 7.29. The lowest BCUT2D eigenvalue weighted by atomic mass is 9.74. The van der Waals surface area contributed by atoms with Crippen LogP contribution in [0.2, 0.25) is 5.02 Å². The molecule has 1 fully saturated rings. The van der Waals surface area contributed by atoms with E-state index < -0.39 is 30.4 Å². The van der Waals surface area contributed by atoms with Crippen LogP contribution in [0.25, 0.3) is 0 Å². The van der Waals surface area contributed by atoms with E-state index in [0.29, 0.717) is 23.4 Å². The summed E-state index contributed by atoms with van der Waals surface area (Å²) in [5.41, 5.74) is 5.07. The van der Waals surface area contributed by atoms with Gasteiger partial charge in [0, 0.05) is 24.1 Å². The lowest BCUT2D eigenvalue weighted by Crippen LogP contribution is -2.54. The van der Waals surface area contributed by atoms with Crippen molar-refractivity contribution >= 4 is 29.4 Å². The van der Waals surface area contributed by atoms with Crippen molar-refractivity contribution in [3.8, 4) is 0 Å². The second kappa shape index (κ2) is 9.39. The normalized spacial score (nSPS) is 20.6. The maximum atomic E-state index is 13.0.